The van der Waals surface area contributed by atoms with E-state index in [1.807, 2.05) is 0 Å². The molecular formula is C14H20IN. The lowest BCUT2D eigenvalue weighted by molar-refractivity contribution is 0.253. The minimum atomic E-state index is 0.656. The van der Waals surface area contributed by atoms with Gasteiger partial charge in [0, 0.05) is 15.3 Å². The zero-order valence-electron chi connectivity index (χ0n) is 10.0. The molecule has 0 radical (unpaired) electrons. The van der Waals surface area contributed by atoms with E-state index in [1.54, 1.807) is 0 Å². The maximum absolute atomic E-state index is 3.68. The standard InChI is InChI=1S/C14H20IN/c1-10-4-3-5-14(11(10)2)16-13-8-6-12(15)7-9-13/h6-11,14,16H,3-5H2,1-2H3. The monoisotopic (exact) mass is 329 g/mol. The molecule has 0 heterocycles. The molecule has 3 unspecified atom stereocenters. The van der Waals surface area contributed by atoms with Gasteiger partial charge < -0.3 is 5.32 Å². The molecule has 0 aliphatic heterocycles. The molecule has 1 N–H and O–H groups in total. The highest BCUT2D eigenvalue weighted by atomic mass is 127. The molecule has 3 atom stereocenters. The molecule has 0 saturated heterocycles. The van der Waals surface area contributed by atoms with Crippen molar-refractivity contribution in [1.29, 1.82) is 0 Å². The summed E-state index contributed by atoms with van der Waals surface area (Å²) in [5.41, 5.74) is 1.27. The summed E-state index contributed by atoms with van der Waals surface area (Å²) >= 11 is 2.35. The van der Waals surface area contributed by atoms with E-state index in [0.717, 1.165) is 11.8 Å². The van der Waals surface area contributed by atoms with Gasteiger partial charge in [0.05, 0.1) is 0 Å². The van der Waals surface area contributed by atoms with Crippen LogP contribution in [0.2, 0.25) is 0 Å². The molecule has 1 aliphatic rings. The highest BCUT2D eigenvalue weighted by Gasteiger charge is 2.26. The van der Waals surface area contributed by atoms with Crippen molar-refractivity contribution in [3.05, 3.63) is 27.8 Å². The summed E-state index contributed by atoms with van der Waals surface area (Å²) in [5, 5.41) is 3.68. The molecule has 1 saturated carbocycles. The van der Waals surface area contributed by atoms with Gasteiger partial charge in [-0.2, -0.15) is 0 Å². The van der Waals surface area contributed by atoms with Crippen LogP contribution in [-0.2, 0) is 0 Å². The zero-order chi connectivity index (χ0) is 11.5. The molecule has 0 aromatic heterocycles. The average Bonchev–Trinajstić information content (AvgIpc) is 2.28. The van der Waals surface area contributed by atoms with Crippen LogP contribution in [0.5, 0.6) is 0 Å². The van der Waals surface area contributed by atoms with E-state index in [9.17, 15) is 0 Å². The van der Waals surface area contributed by atoms with Gasteiger partial charge in [0.15, 0.2) is 0 Å². The predicted molar refractivity (Wildman–Crippen MR) is 78.7 cm³/mol. The van der Waals surface area contributed by atoms with Gasteiger partial charge >= 0.3 is 0 Å². The largest absolute Gasteiger partial charge is 0.382 e. The molecule has 0 bridgehead atoms. The molecule has 16 heavy (non-hydrogen) atoms. The quantitative estimate of drug-likeness (QED) is 0.786. The molecule has 1 aliphatic carbocycles. The summed E-state index contributed by atoms with van der Waals surface area (Å²) in [4.78, 5) is 0. The van der Waals surface area contributed by atoms with Crippen molar-refractivity contribution < 1.29 is 0 Å². The topological polar surface area (TPSA) is 12.0 Å². The third-order valence-electron chi connectivity index (χ3n) is 3.90. The van der Waals surface area contributed by atoms with Crippen LogP contribution < -0.4 is 5.32 Å². The van der Waals surface area contributed by atoms with Crippen LogP contribution in [0.25, 0.3) is 0 Å². The zero-order valence-corrected chi connectivity index (χ0v) is 12.2. The molecule has 1 fully saturated rings. The van der Waals surface area contributed by atoms with Crippen LogP contribution >= 0.6 is 22.6 Å². The third kappa shape index (κ3) is 2.90. The van der Waals surface area contributed by atoms with Crippen LogP contribution in [0.15, 0.2) is 24.3 Å². The number of rotatable bonds is 2. The van der Waals surface area contributed by atoms with Crippen LogP contribution in [0.1, 0.15) is 33.1 Å². The summed E-state index contributed by atoms with van der Waals surface area (Å²) in [6, 6.07) is 9.37. The van der Waals surface area contributed by atoms with E-state index in [0.29, 0.717) is 6.04 Å². The first-order chi connectivity index (χ1) is 7.66. The molecular weight excluding hydrogens is 309 g/mol. The van der Waals surface area contributed by atoms with Gasteiger partial charge in [-0.05, 0) is 65.1 Å². The summed E-state index contributed by atoms with van der Waals surface area (Å²) < 4.78 is 1.30. The van der Waals surface area contributed by atoms with Crippen molar-refractivity contribution in [2.45, 2.75) is 39.2 Å². The van der Waals surface area contributed by atoms with E-state index in [1.165, 1.54) is 28.5 Å². The van der Waals surface area contributed by atoms with Crippen molar-refractivity contribution in [3.63, 3.8) is 0 Å². The fourth-order valence-corrected chi connectivity index (χ4v) is 2.91. The Morgan fingerprint density at radius 1 is 1.12 bits per heavy atom. The highest BCUT2D eigenvalue weighted by Crippen LogP contribution is 2.31. The van der Waals surface area contributed by atoms with Gasteiger partial charge in [-0.3, -0.25) is 0 Å². The van der Waals surface area contributed by atoms with Gasteiger partial charge in [0.25, 0.3) is 0 Å². The summed E-state index contributed by atoms with van der Waals surface area (Å²) in [7, 11) is 0. The van der Waals surface area contributed by atoms with Gasteiger partial charge in [0.1, 0.15) is 0 Å². The Bertz CT molecular complexity index is 333. The molecule has 1 aromatic carbocycles. The molecule has 2 rings (SSSR count). The summed E-state index contributed by atoms with van der Waals surface area (Å²) in [5.74, 6) is 1.64. The lowest BCUT2D eigenvalue weighted by atomic mass is 9.78. The van der Waals surface area contributed by atoms with Crippen LogP contribution in [0, 0.1) is 15.4 Å². The van der Waals surface area contributed by atoms with Crippen molar-refractivity contribution in [2.75, 3.05) is 5.32 Å². The minimum Gasteiger partial charge on any atom is -0.382 e. The number of anilines is 1. The van der Waals surface area contributed by atoms with Gasteiger partial charge in [-0.1, -0.05) is 26.7 Å². The van der Waals surface area contributed by atoms with Crippen LogP contribution in [0.4, 0.5) is 5.69 Å². The Morgan fingerprint density at radius 2 is 1.81 bits per heavy atom. The Hall–Kier alpha value is -0.250. The lowest BCUT2D eigenvalue weighted by Crippen LogP contribution is -2.34. The van der Waals surface area contributed by atoms with Gasteiger partial charge in [-0.15, -0.1) is 0 Å². The Balaban J connectivity index is 2.00. The minimum absolute atomic E-state index is 0.656. The Kier molecular flexibility index (Phi) is 4.11. The number of benzene rings is 1. The van der Waals surface area contributed by atoms with Crippen molar-refractivity contribution in [3.8, 4) is 0 Å². The second-order valence-corrected chi connectivity index (χ2v) is 6.27. The van der Waals surface area contributed by atoms with E-state index in [4.69, 9.17) is 0 Å². The summed E-state index contributed by atoms with van der Waals surface area (Å²) in [6.45, 7) is 4.76. The molecule has 2 heteroatoms. The van der Waals surface area contributed by atoms with Crippen LogP contribution in [-0.4, -0.2) is 6.04 Å². The number of hydrogen-bond acceptors (Lipinski definition) is 1. The second kappa shape index (κ2) is 5.39. The average molecular weight is 329 g/mol. The lowest BCUT2D eigenvalue weighted by Gasteiger charge is -2.35. The van der Waals surface area contributed by atoms with Gasteiger partial charge in [0.2, 0.25) is 0 Å². The fraction of sp³-hybridized carbons (Fsp3) is 0.571. The Labute approximate surface area is 112 Å². The molecule has 1 aromatic rings. The van der Waals surface area contributed by atoms with E-state index in [2.05, 4.69) is 66.0 Å². The molecule has 88 valence electrons. The van der Waals surface area contributed by atoms with Crippen molar-refractivity contribution in [2.24, 2.45) is 11.8 Å². The second-order valence-electron chi connectivity index (χ2n) is 5.03. The third-order valence-corrected chi connectivity index (χ3v) is 4.62. The maximum atomic E-state index is 3.68. The molecule has 1 nitrogen and oxygen atoms in total. The summed E-state index contributed by atoms with van der Waals surface area (Å²) in [6.07, 6.45) is 4.08. The van der Waals surface area contributed by atoms with Crippen molar-refractivity contribution >= 4 is 28.3 Å². The fourth-order valence-electron chi connectivity index (χ4n) is 2.55. The predicted octanol–water partition coefficient (Wildman–Crippen LogP) is 4.53. The first-order valence-electron chi connectivity index (χ1n) is 6.19. The normalized spacial score (nSPS) is 30.1. The van der Waals surface area contributed by atoms with Gasteiger partial charge in [-0.25, -0.2) is 0 Å². The SMILES string of the molecule is CC1CCCC(Nc2ccc(I)cc2)C1C. The number of halogens is 1. The van der Waals surface area contributed by atoms with E-state index in [-0.39, 0.29) is 0 Å². The smallest absolute Gasteiger partial charge is 0.0343 e. The van der Waals surface area contributed by atoms with Crippen molar-refractivity contribution in [1.82, 2.24) is 0 Å². The van der Waals surface area contributed by atoms with E-state index < -0.39 is 0 Å². The first kappa shape index (κ1) is 12.2. The van der Waals surface area contributed by atoms with E-state index >= 15 is 0 Å². The highest BCUT2D eigenvalue weighted by molar-refractivity contribution is 14.1. The number of nitrogens with one attached hydrogen (secondary N) is 1. The molecule has 0 spiro atoms. The molecule has 0 amide bonds. The Morgan fingerprint density at radius 3 is 2.50 bits per heavy atom. The first-order valence-corrected chi connectivity index (χ1v) is 7.27. The maximum Gasteiger partial charge on any atom is 0.0343 e. The number of hydrogen-bond donors (Lipinski definition) is 1. The van der Waals surface area contributed by atoms with Crippen LogP contribution in [0.3, 0.4) is 0 Å².